The number of aliphatic carboxylic acids is 1. The van der Waals surface area contributed by atoms with Crippen molar-refractivity contribution < 1.29 is 18.3 Å². The molecule has 1 heterocycles. The number of sulfonamides is 1. The second kappa shape index (κ2) is 9.35. The first-order valence-corrected chi connectivity index (χ1v) is 9.62. The Bertz CT molecular complexity index is 650. The predicted molar refractivity (Wildman–Crippen MR) is 96.2 cm³/mol. The fourth-order valence-corrected chi connectivity index (χ4v) is 3.35. The summed E-state index contributed by atoms with van der Waals surface area (Å²) in [5.74, 6) is -1.11. The summed E-state index contributed by atoms with van der Waals surface area (Å²) < 4.78 is 24.8. The summed E-state index contributed by atoms with van der Waals surface area (Å²) in [4.78, 5) is 11.2. The molecule has 1 aliphatic heterocycles. The normalized spacial score (nSPS) is 16.0. The number of para-hydroxylation sites is 1. The number of nitrogens with zero attached hydrogens (tertiary/aromatic N) is 1. The van der Waals surface area contributed by atoms with Crippen molar-refractivity contribution in [3.05, 3.63) is 35.4 Å². The van der Waals surface area contributed by atoms with E-state index in [1.54, 1.807) is 31.2 Å². The number of carbonyl (C=O) groups is 1. The summed E-state index contributed by atoms with van der Waals surface area (Å²) >= 11 is 0. The molecule has 0 amide bonds. The molecule has 1 aliphatic rings. The first kappa shape index (κ1) is 21.2. The van der Waals surface area contributed by atoms with Crippen LogP contribution in [-0.4, -0.2) is 31.8 Å². The molecule has 5 nitrogen and oxygen atoms in total. The summed E-state index contributed by atoms with van der Waals surface area (Å²) in [6, 6.07) is 6.12. The number of benzene rings is 1. The highest BCUT2D eigenvalue weighted by atomic mass is 32.2. The van der Waals surface area contributed by atoms with E-state index >= 15 is 0 Å². The van der Waals surface area contributed by atoms with Crippen LogP contribution in [0.4, 0.5) is 5.69 Å². The van der Waals surface area contributed by atoms with E-state index < -0.39 is 22.0 Å². The molecule has 0 fully saturated rings. The van der Waals surface area contributed by atoms with Gasteiger partial charge in [-0.3, -0.25) is 4.31 Å². The number of hydrogen-bond acceptors (Lipinski definition) is 3. The molecule has 6 heteroatoms. The molecule has 0 aliphatic carbocycles. The summed E-state index contributed by atoms with van der Waals surface area (Å²) in [6.45, 7) is 9.82. The number of rotatable bonds is 2. The maximum Gasteiger partial charge on any atom is 0.333 e. The molecule has 130 valence electrons. The van der Waals surface area contributed by atoms with E-state index in [0.717, 1.165) is 10.6 Å². The average molecular weight is 341 g/mol. The fraction of sp³-hybridized carbons (Fsp3) is 0.471. The first-order chi connectivity index (χ1) is 10.7. The van der Waals surface area contributed by atoms with Crippen LogP contribution in [0.1, 0.15) is 46.6 Å². The Morgan fingerprint density at radius 3 is 2.13 bits per heavy atom. The van der Waals surface area contributed by atoms with Crippen molar-refractivity contribution in [2.45, 2.75) is 47.1 Å². The molecule has 1 aromatic carbocycles. The molecule has 2 rings (SSSR count). The summed E-state index contributed by atoms with van der Waals surface area (Å²) in [5, 5.41) is 9.13. The van der Waals surface area contributed by atoms with Gasteiger partial charge in [0.1, 0.15) is 0 Å². The Morgan fingerprint density at radius 2 is 1.70 bits per heavy atom. The van der Waals surface area contributed by atoms with E-state index in [2.05, 4.69) is 13.8 Å². The number of anilines is 1. The van der Waals surface area contributed by atoms with E-state index in [1.165, 1.54) is 12.5 Å². The summed E-state index contributed by atoms with van der Waals surface area (Å²) in [7, 11) is -3.53. The lowest BCUT2D eigenvalue weighted by Crippen LogP contribution is -2.42. The van der Waals surface area contributed by atoms with Crippen molar-refractivity contribution >= 4 is 27.8 Å². The highest BCUT2D eigenvalue weighted by Crippen LogP contribution is 2.34. The highest BCUT2D eigenvalue weighted by Gasteiger charge is 2.33. The van der Waals surface area contributed by atoms with E-state index in [1.807, 2.05) is 13.8 Å². The second-order valence-electron chi connectivity index (χ2n) is 4.91. The molecule has 1 N–H and O–H groups in total. The zero-order chi connectivity index (χ0) is 18.2. The summed E-state index contributed by atoms with van der Waals surface area (Å²) in [5.41, 5.74) is 1.18. The third kappa shape index (κ3) is 5.39. The maximum atomic E-state index is 11.8. The zero-order valence-corrected chi connectivity index (χ0v) is 15.5. The van der Waals surface area contributed by atoms with Crippen LogP contribution in [0.25, 0.3) is 6.08 Å². The lowest BCUT2D eigenvalue weighted by atomic mass is 9.99. The fourth-order valence-electron chi connectivity index (χ4n) is 2.14. The Kier molecular flexibility index (Phi) is 8.61. The van der Waals surface area contributed by atoms with E-state index in [-0.39, 0.29) is 5.57 Å². The van der Waals surface area contributed by atoms with Gasteiger partial charge in [0, 0.05) is 0 Å². The standard InChI is InChI=1S/C12H13NO4S.C3H8.C2H6/c1-8-10(12(14)15)7-9-5-3-4-6-11(9)13(8)18(2,16)17;1-3-2;1-2/h3-8H,1-2H3,(H,14,15);3H2,1-2H3;1-2H3/t8-;;/m1../s1. The van der Waals surface area contributed by atoms with Crippen molar-refractivity contribution in [1.29, 1.82) is 0 Å². The van der Waals surface area contributed by atoms with Gasteiger partial charge in [-0.05, 0) is 24.6 Å². The van der Waals surface area contributed by atoms with Crippen molar-refractivity contribution in [3.8, 4) is 0 Å². The molecule has 0 radical (unpaired) electrons. The Balaban J connectivity index is 0.000000868. The second-order valence-corrected chi connectivity index (χ2v) is 6.76. The molecule has 23 heavy (non-hydrogen) atoms. The molecule has 1 aromatic rings. The van der Waals surface area contributed by atoms with Gasteiger partial charge in [-0.2, -0.15) is 0 Å². The lowest BCUT2D eigenvalue weighted by molar-refractivity contribution is -0.132. The van der Waals surface area contributed by atoms with Gasteiger partial charge >= 0.3 is 5.97 Å². The highest BCUT2D eigenvalue weighted by molar-refractivity contribution is 7.92. The molecular weight excluding hydrogens is 314 g/mol. The average Bonchev–Trinajstić information content (AvgIpc) is 2.47. The SMILES string of the molecule is CC.CCC.C[C@@H]1C(C(=O)O)=Cc2ccccc2N1S(C)(=O)=O. The largest absolute Gasteiger partial charge is 0.478 e. The Morgan fingerprint density at radius 1 is 1.22 bits per heavy atom. The molecular formula is C17H27NO4S. The summed E-state index contributed by atoms with van der Waals surface area (Å²) in [6.07, 6.45) is 3.84. The van der Waals surface area contributed by atoms with Crippen LogP contribution in [0.3, 0.4) is 0 Å². The van der Waals surface area contributed by atoms with Gasteiger partial charge in [-0.25, -0.2) is 13.2 Å². The van der Waals surface area contributed by atoms with Crippen LogP contribution in [0, 0.1) is 0 Å². The van der Waals surface area contributed by atoms with Crippen molar-refractivity contribution in [2.75, 3.05) is 10.6 Å². The van der Waals surface area contributed by atoms with Crippen LogP contribution < -0.4 is 4.31 Å². The van der Waals surface area contributed by atoms with E-state index in [9.17, 15) is 13.2 Å². The number of fused-ring (bicyclic) bond motifs is 1. The Labute approximate surface area is 139 Å². The maximum absolute atomic E-state index is 11.8. The smallest absolute Gasteiger partial charge is 0.333 e. The van der Waals surface area contributed by atoms with E-state index in [4.69, 9.17) is 5.11 Å². The quantitative estimate of drug-likeness (QED) is 0.888. The number of hydrogen-bond donors (Lipinski definition) is 1. The minimum Gasteiger partial charge on any atom is -0.478 e. The number of carboxylic acids is 1. The monoisotopic (exact) mass is 341 g/mol. The van der Waals surface area contributed by atoms with Crippen molar-refractivity contribution in [3.63, 3.8) is 0 Å². The molecule has 0 saturated carbocycles. The van der Waals surface area contributed by atoms with Crippen LogP contribution in [0.15, 0.2) is 29.8 Å². The van der Waals surface area contributed by atoms with Gasteiger partial charge in [0.2, 0.25) is 10.0 Å². The van der Waals surface area contributed by atoms with Crippen LogP contribution >= 0.6 is 0 Å². The zero-order valence-electron chi connectivity index (χ0n) is 14.7. The number of carboxylic acid groups (broad SMARTS) is 1. The lowest BCUT2D eigenvalue weighted by Gasteiger charge is -2.33. The topological polar surface area (TPSA) is 74.7 Å². The van der Waals surface area contributed by atoms with Gasteiger partial charge in [-0.1, -0.05) is 52.3 Å². The molecule has 0 bridgehead atoms. The van der Waals surface area contributed by atoms with Crippen LogP contribution in [-0.2, 0) is 14.8 Å². The predicted octanol–water partition coefficient (Wildman–Crippen LogP) is 3.77. The third-order valence-electron chi connectivity index (χ3n) is 2.89. The Hall–Kier alpha value is -1.82. The van der Waals surface area contributed by atoms with Crippen LogP contribution in [0.5, 0.6) is 0 Å². The van der Waals surface area contributed by atoms with Gasteiger partial charge in [0.25, 0.3) is 0 Å². The van der Waals surface area contributed by atoms with E-state index in [0.29, 0.717) is 11.3 Å². The van der Waals surface area contributed by atoms with Gasteiger partial charge < -0.3 is 5.11 Å². The molecule has 0 saturated heterocycles. The first-order valence-electron chi connectivity index (χ1n) is 7.77. The minimum atomic E-state index is -3.53. The minimum absolute atomic E-state index is 0.0686. The molecule has 0 aromatic heterocycles. The molecule has 0 unspecified atom stereocenters. The van der Waals surface area contributed by atoms with Gasteiger partial charge in [-0.15, -0.1) is 0 Å². The molecule has 1 atom stereocenters. The van der Waals surface area contributed by atoms with Crippen LogP contribution in [0.2, 0.25) is 0 Å². The van der Waals surface area contributed by atoms with Gasteiger partial charge in [0.15, 0.2) is 0 Å². The van der Waals surface area contributed by atoms with Gasteiger partial charge in [0.05, 0.1) is 23.6 Å². The van der Waals surface area contributed by atoms with Crippen molar-refractivity contribution in [2.24, 2.45) is 0 Å². The molecule has 0 spiro atoms. The third-order valence-corrected chi connectivity index (χ3v) is 4.12. The van der Waals surface area contributed by atoms with Crippen molar-refractivity contribution in [1.82, 2.24) is 0 Å².